The van der Waals surface area contributed by atoms with Crippen molar-refractivity contribution in [3.63, 3.8) is 0 Å². The van der Waals surface area contributed by atoms with Gasteiger partial charge in [0.05, 0.1) is 11.7 Å². The molecule has 0 aromatic heterocycles. The monoisotopic (exact) mass is 345 g/mol. The third-order valence-electron chi connectivity index (χ3n) is 4.22. The number of nitrogens with one attached hydrogen (secondary N) is 1. The molecule has 126 valence electrons. The second-order valence-electron chi connectivity index (χ2n) is 6.07. The Morgan fingerprint density at radius 2 is 1.75 bits per heavy atom. The molecule has 0 bridgehead atoms. The highest BCUT2D eigenvalue weighted by atomic mass is 32.2. The minimum Gasteiger partial charge on any atom is -0.481 e. The molecule has 5 nitrogen and oxygen atoms in total. The van der Waals surface area contributed by atoms with Crippen LogP contribution in [-0.2, 0) is 21.2 Å². The Morgan fingerprint density at radius 3 is 2.33 bits per heavy atom. The highest BCUT2D eigenvalue weighted by molar-refractivity contribution is 7.92. The van der Waals surface area contributed by atoms with Crippen LogP contribution in [0, 0.1) is 5.92 Å². The molecule has 0 radical (unpaired) electrons. The van der Waals surface area contributed by atoms with Crippen molar-refractivity contribution in [1.82, 2.24) is 0 Å². The number of hydrogen-bond acceptors (Lipinski definition) is 3. The summed E-state index contributed by atoms with van der Waals surface area (Å²) >= 11 is 0. The lowest BCUT2D eigenvalue weighted by Gasteiger charge is -2.09. The van der Waals surface area contributed by atoms with Gasteiger partial charge in [0.25, 0.3) is 0 Å². The molecular weight excluding hydrogens is 326 g/mol. The zero-order valence-electron chi connectivity index (χ0n) is 13.1. The molecule has 2 aromatic carbocycles. The van der Waals surface area contributed by atoms with Crippen molar-refractivity contribution in [2.45, 2.75) is 18.8 Å². The van der Waals surface area contributed by atoms with Gasteiger partial charge in [-0.1, -0.05) is 42.5 Å². The number of hydrogen-bond donors (Lipinski definition) is 2. The molecule has 24 heavy (non-hydrogen) atoms. The van der Waals surface area contributed by atoms with Crippen LogP contribution in [0.3, 0.4) is 0 Å². The van der Waals surface area contributed by atoms with E-state index >= 15 is 0 Å². The fourth-order valence-electron chi connectivity index (χ4n) is 2.76. The summed E-state index contributed by atoms with van der Waals surface area (Å²) in [5.74, 6) is -1.02. The van der Waals surface area contributed by atoms with Crippen LogP contribution >= 0.6 is 0 Å². The molecule has 1 fully saturated rings. The van der Waals surface area contributed by atoms with Gasteiger partial charge in [-0.05, 0) is 42.0 Å². The van der Waals surface area contributed by atoms with E-state index < -0.39 is 16.0 Å². The molecule has 0 aliphatic heterocycles. The van der Waals surface area contributed by atoms with E-state index in [9.17, 15) is 13.2 Å². The number of sulfonamides is 1. The Hall–Kier alpha value is -2.34. The SMILES string of the molecule is O=C(O)[C@@H]1C[C@H]1c1ccc(NS(=O)(=O)CCc2ccccc2)cc1. The van der Waals surface area contributed by atoms with E-state index in [1.165, 1.54) is 0 Å². The number of benzene rings is 2. The number of rotatable bonds is 7. The van der Waals surface area contributed by atoms with Gasteiger partial charge in [-0.3, -0.25) is 9.52 Å². The van der Waals surface area contributed by atoms with Crippen LogP contribution in [0.4, 0.5) is 5.69 Å². The Balaban J connectivity index is 1.58. The molecule has 1 aliphatic rings. The van der Waals surface area contributed by atoms with E-state index in [4.69, 9.17) is 5.11 Å². The normalized spacial score (nSPS) is 19.7. The summed E-state index contributed by atoms with van der Waals surface area (Å²) in [6.07, 6.45) is 1.11. The second kappa shape index (κ2) is 6.65. The molecule has 3 rings (SSSR count). The highest BCUT2D eigenvalue weighted by Crippen LogP contribution is 2.47. The lowest BCUT2D eigenvalue weighted by atomic mass is 10.1. The quantitative estimate of drug-likeness (QED) is 0.808. The van der Waals surface area contributed by atoms with E-state index in [1.807, 2.05) is 30.3 Å². The van der Waals surface area contributed by atoms with Gasteiger partial charge >= 0.3 is 5.97 Å². The third kappa shape index (κ3) is 4.14. The number of aryl methyl sites for hydroxylation is 1. The van der Waals surface area contributed by atoms with Crippen molar-refractivity contribution < 1.29 is 18.3 Å². The summed E-state index contributed by atoms with van der Waals surface area (Å²) in [7, 11) is -3.42. The Labute approximate surface area is 141 Å². The van der Waals surface area contributed by atoms with Crippen molar-refractivity contribution in [2.75, 3.05) is 10.5 Å². The summed E-state index contributed by atoms with van der Waals surface area (Å²) in [5.41, 5.74) is 2.42. The van der Waals surface area contributed by atoms with Crippen LogP contribution in [0.15, 0.2) is 54.6 Å². The van der Waals surface area contributed by atoms with E-state index in [0.29, 0.717) is 18.5 Å². The summed E-state index contributed by atoms with van der Waals surface area (Å²) in [4.78, 5) is 10.9. The van der Waals surface area contributed by atoms with Crippen LogP contribution in [0.25, 0.3) is 0 Å². The van der Waals surface area contributed by atoms with Gasteiger partial charge in [0.2, 0.25) is 10.0 Å². The van der Waals surface area contributed by atoms with Gasteiger partial charge in [0, 0.05) is 5.69 Å². The average Bonchev–Trinajstić information content (AvgIpc) is 3.35. The standard InChI is InChI=1S/C18H19NO4S/c20-18(21)17-12-16(17)14-6-8-15(9-7-14)19-24(22,23)11-10-13-4-2-1-3-5-13/h1-9,16-17,19H,10-12H2,(H,20,21)/t16-,17+/m0/s1. The summed E-state index contributed by atoms with van der Waals surface area (Å²) in [5, 5.41) is 8.95. The zero-order valence-corrected chi connectivity index (χ0v) is 13.9. The first kappa shape index (κ1) is 16.5. The van der Waals surface area contributed by atoms with E-state index in [1.54, 1.807) is 24.3 Å². The summed E-state index contributed by atoms with van der Waals surface area (Å²) in [6, 6.07) is 16.4. The van der Waals surface area contributed by atoms with Gasteiger partial charge in [0.1, 0.15) is 0 Å². The van der Waals surface area contributed by atoms with Crippen LogP contribution in [0.5, 0.6) is 0 Å². The van der Waals surface area contributed by atoms with E-state index in [0.717, 1.165) is 11.1 Å². The smallest absolute Gasteiger partial charge is 0.307 e. The van der Waals surface area contributed by atoms with Crippen LogP contribution in [0.2, 0.25) is 0 Å². The van der Waals surface area contributed by atoms with Gasteiger partial charge in [-0.2, -0.15) is 0 Å². The Bertz CT molecular complexity index is 816. The van der Waals surface area contributed by atoms with Gasteiger partial charge in [-0.15, -0.1) is 0 Å². The molecule has 0 spiro atoms. The first-order valence-corrected chi connectivity index (χ1v) is 9.47. The maximum absolute atomic E-state index is 12.2. The highest BCUT2D eigenvalue weighted by Gasteiger charge is 2.44. The van der Waals surface area contributed by atoms with Crippen molar-refractivity contribution in [3.05, 3.63) is 65.7 Å². The topological polar surface area (TPSA) is 83.5 Å². The predicted octanol–water partition coefficient (Wildman–Crippen LogP) is 2.86. The molecule has 0 saturated heterocycles. The van der Waals surface area contributed by atoms with Gasteiger partial charge in [0.15, 0.2) is 0 Å². The first-order valence-electron chi connectivity index (χ1n) is 7.82. The number of carboxylic acid groups (broad SMARTS) is 1. The first-order chi connectivity index (χ1) is 11.4. The molecule has 6 heteroatoms. The summed E-state index contributed by atoms with van der Waals surface area (Å²) in [6.45, 7) is 0. The molecule has 1 aliphatic carbocycles. The Kier molecular flexibility index (Phi) is 4.57. The fraction of sp³-hybridized carbons (Fsp3) is 0.278. The number of carbonyl (C=O) groups is 1. The second-order valence-corrected chi connectivity index (χ2v) is 7.91. The number of anilines is 1. The van der Waals surface area contributed by atoms with Crippen molar-refractivity contribution in [2.24, 2.45) is 5.92 Å². The molecule has 2 N–H and O–H groups in total. The van der Waals surface area contributed by atoms with Gasteiger partial charge < -0.3 is 5.11 Å². The minimum absolute atomic E-state index is 0.0163. The predicted molar refractivity (Wildman–Crippen MR) is 92.5 cm³/mol. The largest absolute Gasteiger partial charge is 0.481 e. The molecule has 2 aromatic rings. The molecule has 0 heterocycles. The molecule has 0 unspecified atom stereocenters. The maximum atomic E-state index is 12.2. The lowest BCUT2D eigenvalue weighted by molar-refractivity contribution is -0.138. The lowest BCUT2D eigenvalue weighted by Crippen LogP contribution is -2.18. The fourth-order valence-corrected chi connectivity index (χ4v) is 3.86. The van der Waals surface area contributed by atoms with E-state index in [2.05, 4.69) is 4.72 Å². The number of carboxylic acids is 1. The van der Waals surface area contributed by atoms with E-state index in [-0.39, 0.29) is 17.6 Å². The molecular formula is C18H19NO4S. The van der Waals surface area contributed by atoms with Crippen LogP contribution < -0.4 is 4.72 Å². The van der Waals surface area contributed by atoms with Gasteiger partial charge in [-0.25, -0.2) is 8.42 Å². The molecule has 0 amide bonds. The maximum Gasteiger partial charge on any atom is 0.307 e. The molecule has 2 atom stereocenters. The molecule has 1 saturated carbocycles. The van der Waals surface area contributed by atoms with Crippen LogP contribution in [-0.4, -0.2) is 25.2 Å². The summed E-state index contributed by atoms with van der Waals surface area (Å²) < 4.78 is 26.9. The third-order valence-corrected chi connectivity index (χ3v) is 5.51. The van der Waals surface area contributed by atoms with Crippen molar-refractivity contribution in [1.29, 1.82) is 0 Å². The van der Waals surface area contributed by atoms with Crippen molar-refractivity contribution in [3.8, 4) is 0 Å². The Morgan fingerprint density at radius 1 is 1.08 bits per heavy atom. The minimum atomic E-state index is -3.42. The zero-order chi connectivity index (χ0) is 17.2. The number of aliphatic carboxylic acids is 1. The van der Waals surface area contributed by atoms with Crippen LogP contribution in [0.1, 0.15) is 23.5 Å². The average molecular weight is 345 g/mol. The van der Waals surface area contributed by atoms with Crippen molar-refractivity contribution >= 4 is 21.7 Å².